The van der Waals surface area contributed by atoms with Gasteiger partial charge in [-0.05, 0) is 13.0 Å². The summed E-state index contributed by atoms with van der Waals surface area (Å²) in [5.74, 6) is 5.54. The molecule has 0 saturated heterocycles. The van der Waals surface area contributed by atoms with Crippen molar-refractivity contribution in [3.05, 3.63) is 18.3 Å². The Balaban J connectivity index is 2.92. The molecule has 8 heteroatoms. The lowest BCUT2D eigenvalue weighted by Crippen LogP contribution is -2.34. The molecule has 19 heavy (non-hydrogen) atoms. The van der Waals surface area contributed by atoms with Crippen molar-refractivity contribution in [3.63, 3.8) is 0 Å². The molecule has 1 rings (SSSR count). The molecule has 0 aliphatic heterocycles. The van der Waals surface area contributed by atoms with Crippen LogP contribution in [-0.4, -0.2) is 44.0 Å². The minimum atomic E-state index is -3.55. The molecule has 1 aromatic heterocycles. The Labute approximate surface area is 113 Å². The first-order valence-corrected chi connectivity index (χ1v) is 7.50. The first-order valence-electron chi connectivity index (χ1n) is 6.06. The van der Waals surface area contributed by atoms with Gasteiger partial charge in [0.15, 0.2) is 0 Å². The van der Waals surface area contributed by atoms with E-state index >= 15 is 0 Å². The number of nitrogen functional groups attached to an aromatic ring is 1. The predicted octanol–water partition coefficient (Wildman–Crippen LogP) is 0.414. The number of nitrogens with zero attached hydrogens (tertiary/aromatic N) is 2. The van der Waals surface area contributed by atoms with Gasteiger partial charge >= 0.3 is 0 Å². The van der Waals surface area contributed by atoms with Crippen molar-refractivity contribution in [1.29, 1.82) is 0 Å². The zero-order chi connectivity index (χ0) is 14.3. The van der Waals surface area contributed by atoms with Crippen LogP contribution in [0.15, 0.2) is 23.2 Å². The molecule has 0 fully saturated rings. The van der Waals surface area contributed by atoms with Crippen LogP contribution >= 0.6 is 0 Å². The van der Waals surface area contributed by atoms with Gasteiger partial charge in [0.1, 0.15) is 5.82 Å². The number of aromatic nitrogens is 1. The van der Waals surface area contributed by atoms with Gasteiger partial charge in [-0.25, -0.2) is 19.2 Å². The van der Waals surface area contributed by atoms with Gasteiger partial charge in [-0.3, -0.25) is 0 Å². The molecule has 0 atom stereocenters. The topological polar surface area (TPSA) is 97.5 Å². The number of nitrogens with two attached hydrogens (primary N) is 1. The average Bonchev–Trinajstić information content (AvgIpc) is 2.43. The van der Waals surface area contributed by atoms with Crippen LogP contribution in [0.3, 0.4) is 0 Å². The van der Waals surface area contributed by atoms with E-state index in [0.29, 0.717) is 32.1 Å². The zero-order valence-corrected chi connectivity index (χ0v) is 12.0. The quantitative estimate of drug-likeness (QED) is 0.408. The Morgan fingerprint density at radius 2 is 2.21 bits per heavy atom. The molecule has 0 aromatic carbocycles. The summed E-state index contributed by atoms with van der Waals surface area (Å²) in [4.78, 5) is 4.05. The zero-order valence-electron chi connectivity index (χ0n) is 11.2. The Morgan fingerprint density at radius 1 is 1.47 bits per heavy atom. The molecule has 0 bridgehead atoms. The number of ether oxygens (including phenoxy) is 1. The van der Waals surface area contributed by atoms with Crippen molar-refractivity contribution in [3.8, 4) is 0 Å². The number of nitrogens with one attached hydrogen (secondary N) is 1. The number of sulfonamides is 1. The van der Waals surface area contributed by atoms with Crippen molar-refractivity contribution in [2.24, 2.45) is 5.84 Å². The third kappa shape index (κ3) is 4.13. The lowest BCUT2D eigenvalue weighted by atomic mass is 10.5. The third-order valence-electron chi connectivity index (χ3n) is 2.56. The first kappa shape index (κ1) is 15.8. The Bertz CT molecular complexity index is 492. The van der Waals surface area contributed by atoms with Crippen molar-refractivity contribution in [2.45, 2.75) is 18.7 Å². The van der Waals surface area contributed by atoms with E-state index in [-0.39, 0.29) is 4.90 Å². The summed E-state index contributed by atoms with van der Waals surface area (Å²) in [6.45, 7) is 5.29. The first-order chi connectivity index (χ1) is 9.06. The molecule has 108 valence electrons. The molecule has 0 amide bonds. The number of pyridine rings is 1. The highest BCUT2D eigenvalue weighted by atomic mass is 32.2. The van der Waals surface area contributed by atoms with Gasteiger partial charge in [0.25, 0.3) is 0 Å². The number of hydrogen-bond donors (Lipinski definition) is 2. The van der Waals surface area contributed by atoms with Crippen molar-refractivity contribution in [2.75, 3.05) is 31.7 Å². The van der Waals surface area contributed by atoms with Gasteiger partial charge in [0.05, 0.1) is 11.5 Å². The molecular weight excluding hydrogens is 268 g/mol. The fourth-order valence-electron chi connectivity index (χ4n) is 1.56. The Morgan fingerprint density at radius 3 is 2.79 bits per heavy atom. The van der Waals surface area contributed by atoms with Crippen LogP contribution in [-0.2, 0) is 14.8 Å². The van der Waals surface area contributed by atoms with E-state index in [1.807, 2.05) is 6.92 Å². The third-order valence-corrected chi connectivity index (χ3v) is 4.53. The molecule has 7 nitrogen and oxygen atoms in total. The van der Waals surface area contributed by atoms with Crippen LogP contribution < -0.4 is 11.3 Å². The van der Waals surface area contributed by atoms with Gasteiger partial charge < -0.3 is 10.2 Å². The molecular formula is C11H20N4O3S. The number of hydrazine groups is 1. The number of anilines is 1. The second-order valence-corrected chi connectivity index (χ2v) is 5.65. The Kier molecular flexibility index (Phi) is 6.16. The van der Waals surface area contributed by atoms with Crippen LogP contribution in [0.1, 0.15) is 13.8 Å². The summed E-state index contributed by atoms with van der Waals surface area (Å²) in [7, 11) is -3.55. The second-order valence-electron chi connectivity index (χ2n) is 3.71. The summed E-state index contributed by atoms with van der Waals surface area (Å²) < 4.78 is 31.3. The monoisotopic (exact) mass is 288 g/mol. The molecule has 0 radical (unpaired) electrons. The van der Waals surface area contributed by atoms with Crippen molar-refractivity contribution >= 4 is 15.8 Å². The highest BCUT2D eigenvalue weighted by Gasteiger charge is 2.23. The molecule has 0 unspecified atom stereocenters. The maximum Gasteiger partial charge on any atom is 0.243 e. The van der Waals surface area contributed by atoms with Crippen LogP contribution in [0.25, 0.3) is 0 Å². The summed E-state index contributed by atoms with van der Waals surface area (Å²) in [5, 5.41) is 0. The number of rotatable bonds is 8. The maximum absolute atomic E-state index is 12.4. The van der Waals surface area contributed by atoms with Gasteiger partial charge in [-0.1, -0.05) is 6.92 Å². The van der Waals surface area contributed by atoms with Gasteiger partial charge in [-0.15, -0.1) is 0 Å². The minimum absolute atomic E-state index is 0.161. The van der Waals surface area contributed by atoms with Crippen LogP contribution in [0.5, 0.6) is 0 Å². The smallest absolute Gasteiger partial charge is 0.243 e. The van der Waals surface area contributed by atoms with Crippen LogP contribution in [0, 0.1) is 0 Å². The van der Waals surface area contributed by atoms with Gasteiger partial charge in [0, 0.05) is 32.0 Å². The average molecular weight is 288 g/mol. The lowest BCUT2D eigenvalue weighted by molar-refractivity contribution is 0.135. The van der Waals surface area contributed by atoms with E-state index in [2.05, 4.69) is 10.4 Å². The van der Waals surface area contributed by atoms with Crippen molar-refractivity contribution in [1.82, 2.24) is 9.29 Å². The van der Waals surface area contributed by atoms with E-state index in [1.165, 1.54) is 22.6 Å². The minimum Gasteiger partial charge on any atom is -0.380 e. The summed E-state index contributed by atoms with van der Waals surface area (Å²) >= 11 is 0. The number of hydrogen-bond acceptors (Lipinski definition) is 6. The second kappa shape index (κ2) is 7.39. The fraction of sp³-hybridized carbons (Fsp3) is 0.545. The SMILES string of the molecule is CCOCCN(CC)S(=O)(=O)c1ccnc(NN)c1. The summed E-state index contributed by atoms with van der Waals surface area (Å²) in [6.07, 6.45) is 1.40. The molecule has 0 saturated carbocycles. The van der Waals surface area contributed by atoms with E-state index in [9.17, 15) is 8.42 Å². The molecule has 0 spiro atoms. The Hall–Kier alpha value is -1.22. The normalized spacial score (nSPS) is 11.8. The highest BCUT2D eigenvalue weighted by Crippen LogP contribution is 2.17. The van der Waals surface area contributed by atoms with Gasteiger partial charge in [-0.2, -0.15) is 4.31 Å². The molecule has 1 aromatic rings. The highest BCUT2D eigenvalue weighted by molar-refractivity contribution is 7.89. The largest absolute Gasteiger partial charge is 0.380 e. The maximum atomic E-state index is 12.4. The van der Waals surface area contributed by atoms with E-state index < -0.39 is 10.0 Å². The van der Waals surface area contributed by atoms with E-state index in [4.69, 9.17) is 10.6 Å². The van der Waals surface area contributed by atoms with Crippen LogP contribution in [0.2, 0.25) is 0 Å². The van der Waals surface area contributed by atoms with Crippen molar-refractivity contribution < 1.29 is 13.2 Å². The fourth-order valence-corrected chi connectivity index (χ4v) is 3.00. The van der Waals surface area contributed by atoms with E-state index in [0.717, 1.165) is 0 Å². The summed E-state index contributed by atoms with van der Waals surface area (Å²) in [6, 6.07) is 2.85. The van der Waals surface area contributed by atoms with Crippen LogP contribution in [0.4, 0.5) is 5.82 Å². The molecule has 0 aliphatic carbocycles. The molecule has 0 aliphatic rings. The number of likely N-dealkylation sites (N-methyl/N-ethyl adjacent to an activating group) is 1. The predicted molar refractivity (Wildman–Crippen MR) is 73.0 cm³/mol. The molecule has 1 heterocycles. The summed E-state index contributed by atoms with van der Waals surface area (Å²) in [5.41, 5.74) is 2.33. The lowest BCUT2D eigenvalue weighted by Gasteiger charge is -2.20. The van der Waals surface area contributed by atoms with E-state index in [1.54, 1.807) is 6.92 Å². The molecule has 3 N–H and O–H groups in total. The standard InChI is InChI=1S/C11H20N4O3S/c1-3-15(7-8-18-4-2)19(16,17)10-5-6-13-11(9-10)14-12/h5-6,9H,3-4,7-8,12H2,1-2H3,(H,13,14). The van der Waals surface area contributed by atoms with Gasteiger partial charge in [0.2, 0.25) is 10.0 Å².